The molecule has 63 heavy (non-hydrogen) atoms. The Balaban J connectivity index is 0.773. The van der Waals surface area contributed by atoms with Gasteiger partial charge in [-0.25, -0.2) is 9.59 Å². The van der Waals surface area contributed by atoms with Crippen LogP contribution in [0.1, 0.15) is 63.2 Å². The van der Waals surface area contributed by atoms with E-state index in [1.807, 2.05) is 84.9 Å². The van der Waals surface area contributed by atoms with Gasteiger partial charge >= 0.3 is 12.1 Å². The lowest BCUT2D eigenvalue weighted by molar-refractivity contribution is -0.0336. The van der Waals surface area contributed by atoms with Crippen LogP contribution in [0, 0.1) is 5.92 Å². The van der Waals surface area contributed by atoms with E-state index in [-0.39, 0.29) is 49.3 Å². The Labute approximate surface area is 373 Å². The first-order valence-corrected chi connectivity index (χ1v) is 21.8. The number of pyridine rings is 1. The van der Waals surface area contributed by atoms with Crippen molar-refractivity contribution in [3.8, 4) is 17.2 Å². The number of piperidine rings is 3. The van der Waals surface area contributed by atoms with Gasteiger partial charge in [0.1, 0.15) is 43.2 Å². The van der Waals surface area contributed by atoms with E-state index >= 15 is 0 Å². The number of alkyl carbamates (subject to hydrolysis) is 1. The van der Waals surface area contributed by atoms with Gasteiger partial charge in [0.05, 0.1) is 27.7 Å². The molecule has 3 fully saturated rings. The number of nitrogens with zero attached hydrogens (tertiary/aromatic N) is 1. The van der Waals surface area contributed by atoms with E-state index in [1.54, 1.807) is 24.3 Å². The maximum atomic E-state index is 13.2. The molecule has 0 spiro atoms. The molecule has 3 aliphatic rings. The highest BCUT2D eigenvalue weighted by molar-refractivity contribution is 9.10. The minimum absolute atomic E-state index is 0.0454. The van der Waals surface area contributed by atoms with Gasteiger partial charge in [0.2, 0.25) is 5.56 Å². The maximum absolute atomic E-state index is 13.2. The molecule has 1 aromatic heterocycles. The molecule has 3 aliphatic heterocycles. The molecule has 5 aromatic carbocycles. The quantitative estimate of drug-likeness (QED) is 0.0452. The normalized spacial score (nSPS) is 17.7. The maximum Gasteiger partial charge on any atom is 0.408 e. The van der Waals surface area contributed by atoms with Gasteiger partial charge in [0, 0.05) is 31.1 Å². The average molecular weight is 918 g/mol. The second-order valence-corrected chi connectivity index (χ2v) is 16.7. The van der Waals surface area contributed by atoms with Crippen molar-refractivity contribution in [2.24, 2.45) is 5.92 Å². The van der Waals surface area contributed by atoms with Crippen molar-refractivity contribution in [1.82, 2.24) is 20.5 Å². The lowest BCUT2D eigenvalue weighted by Crippen LogP contribution is -2.52. The molecule has 2 unspecified atom stereocenters. The number of ether oxygens (including phenoxy) is 4. The van der Waals surface area contributed by atoms with Crippen molar-refractivity contribution < 1.29 is 38.7 Å². The van der Waals surface area contributed by atoms with Crippen LogP contribution in [0.3, 0.4) is 0 Å². The van der Waals surface area contributed by atoms with Crippen LogP contribution >= 0.6 is 15.9 Å². The number of aromatic amines is 1. The zero-order valence-electron chi connectivity index (χ0n) is 34.5. The van der Waals surface area contributed by atoms with Crippen LogP contribution in [0.15, 0.2) is 131 Å². The number of esters is 1. The predicted octanol–water partition coefficient (Wildman–Crippen LogP) is 7.54. The van der Waals surface area contributed by atoms with E-state index in [4.69, 9.17) is 18.9 Å². The molecule has 2 bridgehead atoms. The zero-order valence-corrected chi connectivity index (χ0v) is 36.1. The second-order valence-electron chi connectivity index (χ2n) is 15.8. The van der Waals surface area contributed by atoms with Gasteiger partial charge in [0.25, 0.3) is 0 Å². The predicted molar refractivity (Wildman–Crippen MR) is 241 cm³/mol. The molecule has 0 aliphatic carbocycles. The van der Waals surface area contributed by atoms with E-state index in [9.17, 15) is 24.6 Å². The number of phenolic OH excluding ortho intramolecular Hbond substituents is 1. The van der Waals surface area contributed by atoms with E-state index in [0.29, 0.717) is 40.5 Å². The van der Waals surface area contributed by atoms with Gasteiger partial charge in [-0.05, 0) is 124 Å². The Bertz CT molecular complexity index is 2580. The first kappa shape index (κ1) is 43.5. The highest BCUT2D eigenvalue weighted by atomic mass is 79.9. The molecule has 3 atom stereocenters. The molecule has 326 valence electrons. The lowest BCUT2D eigenvalue weighted by atomic mass is 9.86. The minimum atomic E-state index is -0.878. The molecule has 0 radical (unpaired) electrons. The number of nitrogens with one attached hydrogen (secondary N) is 3. The Kier molecular flexibility index (Phi) is 14.0. The monoisotopic (exact) mass is 916 g/mol. The second kappa shape index (κ2) is 20.3. The fraction of sp³-hybridized carbons (Fsp3) is 0.286. The first-order valence-electron chi connectivity index (χ1n) is 21.0. The standard InChI is InChI=1S/C49H49BrN4O9/c50-40-25-32(27-51-28-42(56)38-14-16-41(55)47-39(38)15-18-45(57)52-47)11-17-43(40)60-23-24-61-48(58)35-12-9-31(10-13-35)30-62-37-8-4-7-36(26-37)46(34-5-2-1-3-6-34)53-49(59)63-44-29-54-21-19-33(44)20-22-54/h1-18,25-26,33,42,44,46,51,55-56H,19-24,27-30H2,(H,52,57)(H,53,59)/t42?,44?,46-/m0/s1. The average Bonchev–Trinajstić information content (AvgIpc) is 3.30. The molecule has 5 N–H and O–H groups in total. The van der Waals surface area contributed by atoms with Crippen LogP contribution < -0.4 is 25.7 Å². The number of amides is 1. The number of benzene rings is 5. The summed E-state index contributed by atoms with van der Waals surface area (Å²) in [6.07, 6.45) is 0.722. The number of halogens is 1. The van der Waals surface area contributed by atoms with E-state index in [0.717, 1.165) is 59.2 Å². The van der Waals surface area contributed by atoms with Crippen molar-refractivity contribution in [1.29, 1.82) is 0 Å². The van der Waals surface area contributed by atoms with Gasteiger partial charge in [-0.15, -0.1) is 0 Å². The molecule has 4 heterocycles. The number of aliphatic hydroxyl groups excluding tert-OH is 1. The van der Waals surface area contributed by atoms with Crippen LogP contribution in [0.2, 0.25) is 0 Å². The summed E-state index contributed by atoms with van der Waals surface area (Å²) in [5, 5.41) is 27.9. The highest BCUT2D eigenvalue weighted by Crippen LogP contribution is 2.32. The molecule has 1 amide bonds. The van der Waals surface area contributed by atoms with Gasteiger partial charge in [-0.1, -0.05) is 66.7 Å². The van der Waals surface area contributed by atoms with E-state index in [1.165, 1.54) is 12.1 Å². The minimum Gasteiger partial charge on any atom is -0.506 e. The van der Waals surface area contributed by atoms with Crippen molar-refractivity contribution in [3.63, 3.8) is 0 Å². The van der Waals surface area contributed by atoms with Crippen LogP contribution in [0.4, 0.5) is 4.79 Å². The van der Waals surface area contributed by atoms with Crippen molar-refractivity contribution in [2.45, 2.75) is 44.2 Å². The molecule has 14 heteroatoms. The Morgan fingerprint density at radius 2 is 1.62 bits per heavy atom. The third-order valence-electron chi connectivity index (χ3n) is 11.5. The summed E-state index contributed by atoms with van der Waals surface area (Å²) in [6.45, 7) is 4.09. The van der Waals surface area contributed by atoms with Gasteiger partial charge < -0.3 is 44.8 Å². The topological polar surface area (TPSA) is 172 Å². The molecule has 6 aromatic rings. The Morgan fingerprint density at radius 3 is 2.38 bits per heavy atom. The fourth-order valence-electron chi connectivity index (χ4n) is 8.18. The molecular weight excluding hydrogens is 868 g/mol. The zero-order chi connectivity index (χ0) is 43.7. The van der Waals surface area contributed by atoms with Crippen LogP contribution in [-0.2, 0) is 22.6 Å². The number of aromatic hydroxyl groups is 1. The Hall–Kier alpha value is -6.19. The number of fused-ring (bicyclic) bond motifs is 4. The Morgan fingerprint density at radius 1 is 0.841 bits per heavy atom. The SMILES string of the molecule is O=C(N[C@@H](c1ccccc1)c1cccc(OCc2ccc(C(=O)OCCOc3ccc(CNCC(O)c4ccc(O)c5[nH]c(=O)ccc45)cc3Br)cc2)c1)OC1CN2CCC1CC2. The summed E-state index contributed by atoms with van der Waals surface area (Å²) in [7, 11) is 0. The van der Waals surface area contributed by atoms with Crippen molar-refractivity contribution >= 4 is 38.9 Å². The molecular formula is C49H49BrN4O9. The van der Waals surface area contributed by atoms with Crippen LogP contribution in [0.5, 0.6) is 17.2 Å². The molecule has 0 saturated carbocycles. The number of carbonyl (C=O) groups excluding carboxylic acids is 2. The van der Waals surface area contributed by atoms with Crippen molar-refractivity contribution in [2.75, 3.05) is 39.4 Å². The number of rotatable bonds is 17. The summed E-state index contributed by atoms with van der Waals surface area (Å²) >= 11 is 3.55. The third kappa shape index (κ3) is 11.1. The fourth-order valence-corrected chi connectivity index (χ4v) is 8.72. The summed E-state index contributed by atoms with van der Waals surface area (Å²) < 4.78 is 24.2. The summed E-state index contributed by atoms with van der Waals surface area (Å²) in [6, 6.07) is 35.7. The highest BCUT2D eigenvalue weighted by Gasteiger charge is 2.37. The van der Waals surface area contributed by atoms with Crippen LogP contribution in [0.25, 0.3) is 10.9 Å². The number of H-pyrrole nitrogens is 1. The van der Waals surface area contributed by atoms with Gasteiger partial charge in [0.15, 0.2) is 0 Å². The number of hydrogen-bond donors (Lipinski definition) is 5. The number of aromatic nitrogens is 1. The molecule has 13 nitrogen and oxygen atoms in total. The summed E-state index contributed by atoms with van der Waals surface area (Å²) in [5.74, 6) is 1.10. The lowest BCUT2D eigenvalue weighted by Gasteiger charge is -2.43. The van der Waals surface area contributed by atoms with Crippen molar-refractivity contribution in [3.05, 3.63) is 170 Å². The largest absolute Gasteiger partial charge is 0.506 e. The van der Waals surface area contributed by atoms with E-state index < -0.39 is 24.2 Å². The molecule has 3 saturated heterocycles. The van der Waals surface area contributed by atoms with E-state index in [2.05, 4.69) is 36.4 Å². The summed E-state index contributed by atoms with van der Waals surface area (Å²) in [4.78, 5) is 42.8. The summed E-state index contributed by atoms with van der Waals surface area (Å²) in [5.41, 5.74) is 4.53. The van der Waals surface area contributed by atoms with Gasteiger partial charge in [-0.2, -0.15) is 0 Å². The number of phenols is 1. The third-order valence-corrected chi connectivity index (χ3v) is 12.2. The smallest absolute Gasteiger partial charge is 0.408 e. The first-order chi connectivity index (χ1) is 30.7. The number of aliphatic hydroxyl groups is 1. The molecule has 9 rings (SSSR count). The van der Waals surface area contributed by atoms with Crippen LogP contribution in [-0.4, -0.2) is 77.7 Å². The van der Waals surface area contributed by atoms with Gasteiger partial charge in [-0.3, -0.25) is 9.69 Å². The number of carbonyl (C=O) groups is 2. The number of hydrogen-bond acceptors (Lipinski definition) is 11.